The molecule has 5 heteroatoms. The Bertz CT molecular complexity index is 283. The third-order valence-corrected chi connectivity index (χ3v) is 8.02. The lowest BCUT2D eigenvalue weighted by Crippen LogP contribution is -2.41. The molecule has 0 radical (unpaired) electrons. The van der Waals surface area contributed by atoms with Crippen LogP contribution in [-0.4, -0.2) is 39.7 Å². The summed E-state index contributed by atoms with van der Waals surface area (Å²) in [7, 11) is -1.74. The third-order valence-electron chi connectivity index (χ3n) is 3.52. The zero-order valence-corrected chi connectivity index (χ0v) is 12.7. The second kappa shape index (κ2) is 5.08. The van der Waals surface area contributed by atoms with Crippen LogP contribution in [-0.2, 0) is 18.7 Å². The number of hydrogen-bond acceptors (Lipinski definition) is 4. The van der Waals surface area contributed by atoms with Crippen molar-refractivity contribution in [3.63, 3.8) is 0 Å². The smallest absolute Gasteiger partial charge is 0.338 e. The first kappa shape index (κ1) is 14.7. The van der Waals surface area contributed by atoms with Crippen LogP contribution < -0.4 is 0 Å². The van der Waals surface area contributed by atoms with Gasteiger partial charge in [0.25, 0.3) is 0 Å². The van der Waals surface area contributed by atoms with Crippen LogP contribution in [0.15, 0.2) is 0 Å². The van der Waals surface area contributed by atoms with E-state index in [0.717, 1.165) is 0 Å². The first-order chi connectivity index (χ1) is 7.69. The van der Waals surface area contributed by atoms with Crippen molar-refractivity contribution >= 4 is 14.3 Å². The van der Waals surface area contributed by atoms with Gasteiger partial charge >= 0.3 is 5.97 Å². The van der Waals surface area contributed by atoms with Gasteiger partial charge in [-0.2, -0.15) is 0 Å². The number of hydrogen-bond donors (Lipinski definition) is 0. The molecule has 1 aliphatic rings. The second-order valence-corrected chi connectivity index (χ2v) is 10.7. The lowest BCUT2D eigenvalue weighted by Gasteiger charge is -2.35. The van der Waals surface area contributed by atoms with Crippen molar-refractivity contribution in [3.8, 4) is 0 Å². The summed E-state index contributed by atoms with van der Waals surface area (Å²) in [5, 5.41) is 0.182. The largest absolute Gasteiger partial charge is 0.464 e. The fourth-order valence-corrected chi connectivity index (χ4v) is 2.22. The molecule has 4 nitrogen and oxygen atoms in total. The van der Waals surface area contributed by atoms with Gasteiger partial charge < -0.3 is 13.9 Å². The highest BCUT2D eigenvalue weighted by Gasteiger charge is 2.48. The number of ether oxygens (including phenoxy) is 2. The van der Waals surface area contributed by atoms with E-state index in [1.165, 1.54) is 0 Å². The maximum Gasteiger partial charge on any atom is 0.338 e. The summed E-state index contributed by atoms with van der Waals surface area (Å²) in [4.78, 5) is 11.3. The molecule has 0 N–H and O–H groups in total. The average molecular weight is 260 g/mol. The fraction of sp³-hybridized carbons (Fsp3) is 0.917. The van der Waals surface area contributed by atoms with Gasteiger partial charge in [0, 0.05) is 0 Å². The predicted molar refractivity (Wildman–Crippen MR) is 68.4 cm³/mol. The molecule has 1 saturated heterocycles. The topological polar surface area (TPSA) is 48.1 Å². The normalized spacial score (nSPS) is 24.6. The Morgan fingerprint density at radius 3 is 2.41 bits per heavy atom. The molecular formula is C12H24O4Si. The van der Waals surface area contributed by atoms with Crippen LogP contribution in [0.4, 0.5) is 0 Å². The molecule has 0 saturated carbocycles. The molecule has 0 spiro atoms. The molecule has 0 bridgehead atoms. The van der Waals surface area contributed by atoms with Crippen molar-refractivity contribution in [3.05, 3.63) is 0 Å². The summed E-state index contributed by atoms with van der Waals surface area (Å²) in [5.41, 5.74) is 0. The molecule has 1 heterocycles. The average Bonchev–Trinajstić information content (AvgIpc) is 2.92. The van der Waals surface area contributed by atoms with E-state index >= 15 is 0 Å². The van der Waals surface area contributed by atoms with Crippen LogP contribution in [0.25, 0.3) is 0 Å². The molecule has 0 amide bonds. The summed E-state index contributed by atoms with van der Waals surface area (Å²) in [5.74, 6) is -0.267. The van der Waals surface area contributed by atoms with Crippen LogP contribution in [0.2, 0.25) is 18.1 Å². The second-order valence-electron chi connectivity index (χ2n) is 5.92. The van der Waals surface area contributed by atoms with E-state index in [1.807, 2.05) is 0 Å². The van der Waals surface area contributed by atoms with Crippen molar-refractivity contribution in [1.82, 2.24) is 0 Å². The Balaban J connectivity index is 2.33. The van der Waals surface area contributed by atoms with Gasteiger partial charge in [0.15, 0.2) is 14.4 Å². The monoisotopic (exact) mass is 260 g/mol. The summed E-state index contributed by atoms with van der Waals surface area (Å²) in [6, 6.07) is 0. The standard InChI is InChI=1S/C12H24O4Si/c1-7-14-11(13)10-9(16-10)8-15-17(5,6)12(2,3)4/h9-10H,7-8H2,1-6H3/t9-,10+/m0/s1. The molecule has 1 fully saturated rings. The van der Waals surface area contributed by atoms with Crippen molar-refractivity contribution in [2.45, 2.75) is 58.0 Å². The van der Waals surface area contributed by atoms with Crippen LogP contribution in [0.1, 0.15) is 27.7 Å². The van der Waals surface area contributed by atoms with Gasteiger partial charge in [0.05, 0.1) is 13.2 Å². The minimum Gasteiger partial charge on any atom is -0.464 e. The third kappa shape index (κ3) is 3.79. The highest BCUT2D eigenvalue weighted by Crippen LogP contribution is 2.37. The molecular weight excluding hydrogens is 236 g/mol. The Morgan fingerprint density at radius 2 is 1.94 bits per heavy atom. The van der Waals surface area contributed by atoms with Gasteiger partial charge in [0.1, 0.15) is 6.10 Å². The van der Waals surface area contributed by atoms with E-state index in [4.69, 9.17) is 13.9 Å². The van der Waals surface area contributed by atoms with Crippen LogP contribution in [0.3, 0.4) is 0 Å². The molecule has 0 aromatic carbocycles. The summed E-state index contributed by atoms with van der Waals surface area (Å²) < 4.78 is 16.1. The van der Waals surface area contributed by atoms with Gasteiger partial charge in [-0.25, -0.2) is 4.79 Å². The summed E-state index contributed by atoms with van der Waals surface area (Å²) in [6.07, 6.45) is -0.511. The van der Waals surface area contributed by atoms with E-state index in [2.05, 4.69) is 33.9 Å². The number of carbonyl (C=O) groups excluding carboxylic acids is 1. The van der Waals surface area contributed by atoms with Crippen molar-refractivity contribution in [2.75, 3.05) is 13.2 Å². The minimum atomic E-state index is -1.74. The summed E-state index contributed by atoms with van der Waals surface area (Å²) >= 11 is 0. The van der Waals surface area contributed by atoms with Crippen molar-refractivity contribution in [1.29, 1.82) is 0 Å². The molecule has 0 unspecified atom stereocenters. The Labute approximate surface area is 105 Å². The molecule has 0 aromatic heterocycles. The first-order valence-electron chi connectivity index (χ1n) is 6.15. The number of epoxide rings is 1. The maximum atomic E-state index is 11.3. The molecule has 0 aliphatic carbocycles. The number of carbonyl (C=O) groups is 1. The molecule has 1 aliphatic heterocycles. The van der Waals surface area contributed by atoms with E-state index < -0.39 is 14.4 Å². The van der Waals surface area contributed by atoms with E-state index in [9.17, 15) is 4.79 Å². The van der Waals surface area contributed by atoms with Crippen LogP contribution >= 0.6 is 0 Å². The maximum absolute atomic E-state index is 11.3. The Hall–Kier alpha value is -0.393. The molecule has 100 valence electrons. The number of esters is 1. The Morgan fingerprint density at radius 1 is 1.35 bits per heavy atom. The lowest BCUT2D eigenvalue weighted by molar-refractivity contribution is -0.144. The van der Waals surface area contributed by atoms with Crippen molar-refractivity contribution < 1.29 is 18.7 Å². The van der Waals surface area contributed by atoms with E-state index in [0.29, 0.717) is 13.2 Å². The molecule has 17 heavy (non-hydrogen) atoms. The highest BCUT2D eigenvalue weighted by molar-refractivity contribution is 6.74. The van der Waals surface area contributed by atoms with Gasteiger partial charge in [-0.05, 0) is 25.1 Å². The first-order valence-corrected chi connectivity index (χ1v) is 9.06. The molecule has 2 atom stereocenters. The lowest BCUT2D eigenvalue weighted by atomic mass is 10.2. The van der Waals surface area contributed by atoms with Gasteiger partial charge in [-0.3, -0.25) is 0 Å². The highest BCUT2D eigenvalue weighted by atomic mass is 28.4. The fourth-order valence-electron chi connectivity index (χ4n) is 1.21. The van der Waals surface area contributed by atoms with Crippen molar-refractivity contribution in [2.24, 2.45) is 0 Å². The number of rotatable bonds is 5. The summed E-state index contributed by atoms with van der Waals surface area (Å²) in [6.45, 7) is 13.6. The molecule has 1 rings (SSSR count). The Kier molecular flexibility index (Phi) is 4.38. The van der Waals surface area contributed by atoms with Gasteiger partial charge in [0.2, 0.25) is 0 Å². The quantitative estimate of drug-likeness (QED) is 0.432. The van der Waals surface area contributed by atoms with Crippen LogP contribution in [0, 0.1) is 0 Å². The van der Waals surface area contributed by atoms with Gasteiger partial charge in [-0.1, -0.05) is 20.8 Å². The van der Waals surface area contributed by atoms with E-state index in [1.54, 1.807) is 6.92 Å². The minimum absolute atomic E-state index is 0.108. The molecule has 0 aromatic rings. The zero-order valence-electron chi connectivity index (χ0n) is 11.7. The van der Waals surface area contributed by atoms with Gasteiger partial charge in [-0.15, -0.1) is 0 Å². The zero-order chi connectivity index (χ0) is 13.3. The SMILES string of the molecule is CCOC(=O)[C@@H]1O[C@H]1CO[Si](C)(C)C(C)(C)C. The van der Waals surface area contributed by atoms with E-state index in [-0.39, 0.29) is 17.1 Å². The van der Waals surface area contributed by atoms with Crippen LogP contribution in [0.5, 0.6) is 0 Å². The predicted octanol–water partition coefficient (Wildman–Crippen LogP) is 2.34.